The molecule has 0 unspecified atom stereocenters. The standard InChI is InChI=1S/C15H10BrN3/c1-19(13-4-2-3-11(7-13)9-17)15-6-5-12(10-18)8-14(15)16/h2-8H,1H3. The van der Waals surface area contributed by atoms with Gasteiger partial charge in [-0.25, -0.2) is 0 Å². The predicted octanol–water partition coefficient (Wildman–Crippen LogP) is 3.96. The Morgan fingerprint density at radius 1 is 1.00 bits per heavy atom. The number of anilines is 2. The Kier molecular flexibility index (Phi) is 3.85. The van der Waals surface area contributed by atoms with E-state index in [0.29, 0.717) is 11.1 Å². The van der Waals surface area contributed by atoms with E-state index in [1.165, 1.54) is 0 Å². The summed E-state index contributed by atoms with van der Waals surface area (Å²) in [5.74, 6) is 0. The normalized spacial score (nSPS) is 9.47. The van der Waals surface area contributed by atoms with Crippen LogP contribution in [0.2, 0.25) is 0 Å². The molecule has 0 bridgehead atoms. The fourth-order valence-corrected chi connectivity index (χ4v) is 2.42. The minimum Gasteiger partial charge on any atom is -0.344 e. The highest BCUT2D eigenvalue weighted by atomic mass is 79.9. The Bertz CT molecular complexity index is 695. The Balaban J connectivity index is 2.42. The molecule has 0 aliphatic heterocycles. The van der Waals surface area contributed by atoms with E-state index >= 15 is 0 Å². The van der Waals surface area contributed by atoms with Crippen LogP contribution in [0.15, 0.2) is 46.9 Å². The quantitative estimate of drug-likeness (QED) is 0.843. The molecule has 0 fully saturated rings. The summed E-state index contributed by atoms with van der Waals surface area (Å²) in [5.41, 5.74) is 3.09. The van der Waals surface area contributed by atoms with Crippen LogP contribution in [0.5, 0.6) is 0 Å². The lowest BCUT2D eigenvalue weighted by atomic mass is 10.1. The van der Waals surface area contributed by atoms with Crippen molar-refractivity contribution in [2.24, 2.45) is 0 Å². The van der Waals surface area contributed by atoms with Crippen molar-refractivity contribution in [1.82, 2.24) is 0 Å². The van der Waals surface area contributed by atoms with E-state index in [2.05, 4.69) is 28.1 Å². The van der Waals surface area contributed by atoms with E-state index in [0.717, 1.165) is 15.8 Å². The predicted molar refractivity (Wildman–Crippen MR) is 78.1 cm³/mol. The van der Waals surface area contributed by atoms with Crippen molar-refractivity contribution < 1.29 is 0 Å². The Morgan fingerprint density at radius 2 is 1.68 bits per heavy atom. The van der Waals surface area contributed by atoms with Gasteiger partial charge in [0.1, 0.15) is 0 Å². The molecule has 0 atom stereocenters. The monoisotopic (exact) mass is 311 g/mol. The van der Waals surface area contributed by atoms with Crippen LogP contribution in [0.1, 0.15) is 11.1 Å². The molecule has 2 aromatic rings. The second-order valence-corrected chi connectivity index (χ2v) is 4.85. The zero-order chi connectivity index (χ0) is 13.8. The molecule has 0 saturated carbocycles. The van der Waals surface area contributed by atoms with Gasteiger partial charge in [-0.15, -0.1) is 0 Å². The van der Waals surface area contributed by atoms with E-state index in [1.54, 1.807) is 18.2 Å². The highest BCUT2D eigenvalue weighted by molar-refractivity contribution is 9.10. The highest BCUT2D eigenvalue weighted by Gasteiger charge is 2.09. The first-order valence-electron chi connectivity index (χ1n) is 5.59. The second-order valence-electron chi connectivity index (χ2n) is 4.00. The molecule has 0 saturated heterocycles. The molecular weight excluding hydrogens is 302 g/mol. The summed E-state index contributed by atoms with van der Waals surface area (Å²) >= 11 is 3.46. The maximum absolute atomic E-state index is 8.92. The van der Waals surface area contributed by atoms with Gasteiger partial charge in [-0.3, -0.25) is 0 Å². The summed E-state index contributed by atoms with van der Waals surface area (Å²) in [7, 11) is 1.92. The average molecular weight is 312 g/mol. The first-order chi connectivity index (χ1) is 9.15. The smallest absolute Gasteiger partial charge is 0.0992 e. The molecule has 0 spiro atoms. The molecule has 0 aliphatic rings. The first-order valence-corrected chi connectivity index (χ1v) is 6.38. The third-order valence-electron chi connectivity index (χ3n) is 2.80. The van der Waals surface area contributed by atoms with Crippen molar-refractivity contribution in [2.75, 3.05) is 11.9 Å². The van der Waals surface area contributed by atoms with Gasteiger partial charge in [0.05, 0.1) is 29.0 Å². The third kappa shape index (κ3) is 2.76. The van der Waals surface area contributed by atoms with Gasteiger partial charge in [-0.2, -0.15) is 10.5 Å². The van der Waals surface area contributed by atoms with Crippen LogP contribution in [0.4, 0.5) is 11.4 Å². The number of nitrogens with zero attached hydrogens (tertiary/aromatic N) is 3. The van der Waals surface area contributed by atoms with Crippen LogP contribution in [-0.4, -0.2) is 7.05 Å². The summed E-state index contributed by atoms with van der Waals surface area (Å²) in [6.07, 6.45) is 0. The largest absolute Gasteiger partial charge is 0.344 e. The van der Waals surface area contributed by atoms with E-state index in [1.807, 2.05) is 36.2 Å². The lowest BCUT2D eigenvalue weighted by molar-refractivity contribution is 1.20. The highest BCUT2D eigenvalue weighted by Crippen LogP contribution is 2.31. The van der Waals surface area contributed by atoms with Crippen LogP contribution >= 0.6 is 15.9 Å². The molecule has 0 aromatic heterocycles. The number of hydrogen-bond acceptors (Lipinski definition) is 3. The maximum Gasteiger partial charge on any atom is 0.0992 e. The Hall–Kier alpha value is -2.30. The molecule has 2 aromatic carbocycles. The van der Waals surface area contributed by atoms with Crippen molar-refractivity contribution >= 4 is 27.3 Å². The Morgan fingerprint density at radius 3 is 2.32 bits per heavy atom. The summed E-state index contributed by atoms with van der Waals surface area (Å²) in [4.78, 5) is 1.96. The van der Waals surface area contributed by atoms with E-state index in [4.69, 9.17) is 10.5 Å². The van der Waals surface area contributed by atoms with Gasteiger partial charge in [0.15, 0.2) is 0 Å². The van der Waals surface area contributed by atoms with Crippen molar-refractivity contribution in [2.45, 2.75) is 0 Å². The van der Waals surface area contributed by atoms with Gasteiger partial charge in [0, 0.05) is 17.2 Å². The zero-order valence-electron chi connectivity index (χ0n) is 10.3. The third-order valence-corrected chi connectivity index (χ3v) is 3.44. The molecule has 0 N–H and O–H groups in total. The van der Waals surface area contributed by atoms with Gasteiger partial charge in [-0.1, -0.05) is 6.07 Å². The van der Waals surface area contributed by atoms with Crippen LogP contribution in [0.25, 0.3) is 0 Å². The minimum atomic E-state index is 0.606. The molecule has 0 radical (unpaired) electrons. The minimum absolute atomic E-state index is 0.606. The van der Waals surface area contributed by atoms with Gasteiger partial charge in [0.25, 0.3) is 0 Å². The van der Waals surface area contributed by atoms with E-state index < -0.39 is 0 Å². The molecule has 3 nitrogen and oxygen atoms in total. The van der Waals surface area contributed by atoms with E-state index in [9.17, 15) is 0 Å². The molecule has 92 valence electrons. The first kappa shape index (κ1) is 13.1. The second kappa shape index (κ2) is 5.56. The number of nitriles is 2. The molecule has 19 heavy (non-hydrogen) atoms. The lowest BCUT2D eigenvalue weighted by Gasteiger charge is -2.21. The zero-order valence-corrected chi connectivity index (χ0v) is 11.8. The summed E-state index contributed by atoms with van der Waals surface area (Å²) in [6.45, 7) is 0. The average Bonchev–Trinajstić information content (AvgIpc) is 2.46. The SMILES string of the molecule is CN(c1cccc(C#N)c1)c1ccc(C#N)cc1Br. The summed E-state index contributed by atoms with van der Waals surface area (Å²) in [5, 5.41) is 17.8. The summed E-state index contributed by atoms with van der Waals surface area (Å²) in [6, 6.07) is 17.0. The topological polar surface area (TPSA) is 50.8 Å². The van der Waals surface area contributed by atoms with Crippen molar-refractivity contribution in [3.05, 3.63) is 58.1 Å². The van der Waals surface area contributed by atoms with E-state index in [-0.39, 0.29) is 0 Å². The lowest BCUT2D eigenvalue weighted by Crippen LogP contribution is -2.10. The molecule has 4 heteroatoms. The van der Waals surface area contributed by atoms with Gasteiger partial charge < -0.3 is 4.90 Å². The number of halogens is 1. The van der Waals surface area contributed by atoms with Crippen molar-refractivity contribution in [3.8, 4) is 12.1 Å². The molecule has 0 aliphatic carbocycles. The fraction of sp³-hybridized carbons (Fsp3) is 0.0667. The Labute approximate surface area is 120 Å². The van der Waals surface area contributed by atoms with Crippen LogP contribution in [0.3, 0.4) is 0 Å². The number of benzene rings is 2. The van der Waals surface area contributed by atoms with Crippen LogP contribution < -0.4 is 4.90 Å². The van der Waals surface area contributed by atoms with Gasteiger partial charge in [-0.05, 0) is 52.3 Å². The van der Waals surface area contributed by atoms with Crippen LogP contribution in [-0.2, 0) is 0 Å². The van der Waals surface area contributed by atoms with Crippen molar-refractivity contribution in [1.29, 1.82) is 10.5 Å². The van der Waals surface area contributed by atoms with Crippen LogP contribution in [0, 0.1) is 22.7 Å². The molecule has 2 rings (SSSR count). The molecule has 0 heterocycles. The number of hydrogen-bond donors (Lipinski definition) is 0. The molecule has 0 amide bonds. The maximum atomic E-state index is 8.92. The summed E-state index contributed by atoms with van der Waals surface area (Å²) < 4.78 is 0.844. The van der Waals surface area contributed by atoms with Gasteiger partial charge >= 0.3 is 0 Å². The fourth-order valence-electron chi connectivity index (χ4n) is 1.77. The number of rotatable bonds is 2. The molecular formula is C15H10BrN3. The van der Waals surface area contributed by atoms with Crippen molar-refractivity contribution in [3.63, 3.8) is 0 Å². The van der Waals surface area contributed by atoms with Gasteiger partial charge in [0.2, 0.25) is 0 Å².